The lowest BCUT2D eigenvalue weighted by Crippen LogP contribution is -2.32. The Balaban J connectivity index is 1.39. The first-order valence-electron chi connectivity index (χ1n) is 10.5. The maximum absolute atomic E-state index is 12.2. The van der Waals surface area contributed by atoms with Crippen molar-refractivity contribution in [1.82, 2.24) is 15.5 Å². The second kappa shape index (κ2) is 10.1. The number of carbonyl (C=O) groups excluding carboxylic acids is 1. The van der Waals surface area contributed by atoms with Crippen LogP contribution in [0.1, 0.15) is 56.6 Å². The van der Waals surface area contributed by atoms with E-state index in [0.717, 1.165) is 37.9 Å². The standard InChI is InChI=1S/C22H35N3O/c1-18-9-13-25(14-10-18)17-21-4-2-3-20(15-21)16-24-22(26)6-5-19-7-11-23-12-8-19/h2-4,15,18-19,23H,5-14,16-17H2,1H3,(H,24,26). The van der Waals surface area contributed by atoms with Crippen LogP contribution in [0.25, 0.3) is 0 Å². The second-order valence-corrected chi connectivity index (χ2v) is 8.29. The van der Waals surface area contributed by atoms with Gasteiger partial charge in [0, 0.05) is 19.5 Å². The van der Waals surface area contributed by atoms with Gasteiger partial charge in [-0.2, -0.15) is 0 Å². The topological polar surface area (TPSA) is 44.4 Å². The van der Waals surface area contributed by atoms with Gasteiger partial charge >= 0.3 is 0 Å². The van der Waals surface area contributed by atoms with Gasteiger partial charge in [-0.1, -0.05) is 31.2 Å². The number of benzene rings is 1. The summed E-state index contributed by atoms with van der Waals surface area (Å²) < 4.78 is 0. The number of rotatable bonds is 7. The van der Waals surface area contributed by atoms with E-state index in [4.69, 9.17) is 0 Å². The molecule has 0 aromatic heterocycles. The number of carbonyl (C=O) groups is 1. The van der Waals surface area contributed by atoms with Crippen molar-refractivity contribution in [3.8, 4) is 0 Å². The van der Waals surface area contributed by atoms with Crippen LogP contribution in [-0.4, -0.2) is 37.0 Å². The monoisotopic (exact) mass is 357 g/mol. The Morgan fingerprint density at radius 3 is 2.65 bits per heavy atom. The van der Waals surface area contributed by atoms with Crippen molar-refractivity contribution in [2.24, 2.45) is 11.8 Å². The molecule has 0 unspecified atom stereocenters. The van der Waals surface area contributed by atoms with E-state index >= 15 is 0 Å². The molecule has 0 atom stereocenters. The molecule has 0 saturated carbocycles. The third kappa shape index (κ3) is 6.40. The van der Waals surface area contributed by atoms with E-state index < -0.39 is 0 Å². The molecule has 1 aromatic carbocycles. The van der Waals surface area contributed by atoms with Crippen molar-refractivity contribution in [1.29, 1.82) is 0 Å². The molecule has 2 saturated heterocycles. The van der Waals surface area contributed by atoms with E-state index in [2.05, 4.69) is 46.7 Å². The lowest BCUT2D eigenvalue weighted by atomic mass is 9.93. The average molecular weight is 358 g/mol. The molecule has 2 fully saturated rings. The fraction of sp³-hybridized carbons (Fsp3) is 0.682. The predicted octanol–water partition coefficient (Wildman–Crippen LogP) is 3.31. The molecule has 2 N–H and O–H groups in total. The molecular weight excluding hydrogens is 322 g/mol. The molecule has 1 amide bonds. The van der Waals surface area contributed by atoms with Gasteiger partial charge < -0.3 is 10.6 Å². The average Bonchev–Trinajstić information content (AvgIpc) is 2.68. The van der Waals surface area contributed by atoms with Gasteiger partial charge in [0.05, 0.1) is 0 Å². The highest BCUT2D eigenvalue weighted by Gasteiger charge is 2.16. The van der Waals surface area contributed by atoms with Crippen LogP contribution in [0.15, 0.2) is 24.3 Å². The molecular formula is C22H35N3O. The Bertz CT molecular complexity index is 560. The molecule has 1 aromatic rings. The molecule has 2 aliphatic heterocycles. The van der Waals surface area contributed by atoms with E-state index in [-0.39, 0.29) is 5.91 Å². The first-order chi connectivity index (χ1) is 12.7. The lowest BCUT2D eigenvalue weighted by Gasteiger charge is -2.30. The number of likely N-dealkylation sites (tertiary alicyclic amines) is 1. The van der Waals surface area contributed by atoms with E-state index in [9.17, 15) is 4.79 Å². The van der Waals surface area contributed by atoms with Gasteiger partial charge in [-0.15, -0.1) is 0 Å². The summed E-state index contributed by atoms with van der Waals surface area (Å²) in [4.78, 5) is 14.7. The molecule has 144 valence electrons. The van der Waals surface area contributed by atoms with Crippen LogP contribution in [0.2, 0.25) is 0 Å². The number of nitrogens with zero attached hydrogens (tertiary/aromatic N) is 1. The number of nitrogens with one attached hydrogen (secondary N) is 2. The van der Waals surface area contributed by atoms with Gasteiger partial charge in [0.25, 0.3) is 0 Å². The third-order valence-electron chi connectivity index (χ3n) is 6.00. The van der Waals surface area contributed by atoms with Gasteiger partial charge in [-0.3, -0.25) is 9.69 Å². The van der Waals surface area contributed by atoms with Crippen molar-refractivity contribution in [3.63, 3.8) is 0 Å². The molecule has 0 radical (unpaired) electrons. The SMILES string of the molecule is CC1CCN(Cc2cccc(CNC(=O)CCC3CCNCC3)c2)CC1. The van der Waals surface area contributed by atoms with Crippen LogP contribution < -0.4 is 10.6 Å². The van der Waals surface area contributed by atoms with Crippen molar-refractivity contribution >= 4 is 5.91 Å². The molecule has 0 bridgehead atoms. The number of piperidine rings is 2. The first kappa shape index (κ1) is 19.4. The maximum Gasteiger partial charge on any atom is 0.220 e. The molecule has 2 aliphatic rings. The Labute approximate surface area is 158 Å². The minimum atomic E-state index is 0.193. The van der Waals surface area contributed by atoms with Crippen LogP contribution >= 0.6 is 0 Å². The van der Waals surface area contributed by atoms with Gasteiger partial charge in [0.1, 0.15) is 0 Å². The van der Waals surface area contributed by atoms with Gasteiger partial charge in [0.2, 0.25) is 5.91 Å². The van der Waals surface area contributed by atoms with Crippen LogP contribution in [-0.2, 0) is 17.9 Å². The molecule has 3 rings (SSSR count). The molecule has 26 heavy (non-hydrogen) atoms. The van der Waals surface area contributed by atoms with Gasteiger partial charge in [-0.25, -0.2) is 0 Å². The minimum Gasteiger partial charge on any atom is -0.352 e. The summed E-state index contributed by atoms with van der Waals surface area (Å²) in [6.07, 6.45) is 6.74. The van der Waals surface area contributed by atoms with Crippen LogP contribution in [0.4, 0.5) is 0 Å². The summed E-state index contributed by atoms with van der Waals surface area (Å²) in [6, 6.07) is 8.71. The second-order valence-electron chi connectivity index (χ2n) is 8.29. The summed E-state index contributed by atoms with van der Waals surface area (Å²) in [6.45, 7) is 8.66. The fourth-order valence-electron chi connectivity index (χ4n) is 4.11. The lowest BCUT2D eigenvalue weighted by molar-refractivity contribution is -0.121. The number of hydrogen-bond acceptors (Lipinski definition) is 3. The predicted molar refractivity (Wildman–Crippen MR) is 107 cm³/mol. The minimum absolute atomic E-state index is 0.193. The highest BCUT2D eigenvalue weighted by Crippen LogP contribution is 2.19. The van der Waals surface area contributed by atoms with Crippen LogP contribution in [0, 0.1) is 11.8 Å². The van der Waals surface area contributed by atoms with E-state index in [1.165, 1.54) is 49.9 Å². The Hall–Kier alpha value is -1.39. The van der Waals surface area contributed by atoms with E-state index in [1.54, 1.807) is 0 Å². The molecule has 0 spiro atoms. The largest absolute Gasteiger partial charge is 0.352 e. The van der Waals surface area contributed by atoms with Gasteiger partial charge in [-0.05, 0) is 81.2 Å². The summed E-state index contributed by atoms with van der Waals surface area (Å²) in [5.74, 6) is 1.79. The maximum atomic E-state index is 12.2. The molecule has 4 nitrogen and oxygen atoms in total. The van der Waals surface area contributed by atoms with E-state index in [0.29, 0.717) is 13.0 Å². The zero-order valence-corrected chi connectivity index (χ0v) is 16.3. The zero-order chi connectivity index (χ0) is 18.2. The third-order valence-corrected chi connectivity index (χ3v) is 6.00. The fourth-order valence-corrected chi connectivity index (χ4v) is 4.11. The van der Waals surface area contributed by atoms with E-state index in [1.807, 2.05) is 0 Å². The normalized spacial score (nSPS) is 20.2. The summed E-state index contributed by atoms with van der Waals surface area (Å²) in [7, 11) is 0. The Morgan fingerprint density at radius 2 is 1.88 bits per heavy atom. The Kier molecular flexibility index (Phi) is 7.51. The van der Waals surface area contributed by atoms with Gasteiger partial charge in [0.15, 0.2) is 0 Å². The van der Waals surface area contributed by atoms with Crippen molar-refractivity contribution in [2.75, 3.05) is 26.2 Å². The summed E-state index contributed by atoms with van der Waals surface area (Å²) in [5, 5.41) is 6.49. The number of amides is 1. The van der Waals surface area contributed by atoms with Crippen molar-refractivity contribution in [3.05, 3.63) is 35.4 Å². The highest BCUT2D eigenvalue weighted by atomic mass is 16.1. The number of hydrogen-bond donors (Lipinski definition) is 2. The van der Waals surface area contributed by atoms with Crippen molar-refractivity contribution < 1.29 is 4.79 Å². The Morgan fingerprint density at radius 1 is 1.15 bits per heavy atom. The molecule has 2 heterocycles. The smallest absolute Gasteiger partial charge is 0.220 e. The molecule has 0 aliphatic carbocycles. The first-order valence-corrected chi connectivity index (χ1v) is 10.5. The quantitative estimate of drug-likeness (QED) is 0.787. The molecule has 4 heteroatoms. The highest BCUT2D eigenvalue weighted by molar-refractivity contribution is 5.75. The van der Waals surface area contributed by atoms with Crippen LogP contribution in [0.3, 0.4) is 0 Å². The summed E-state index contributed by atoms with van der Waals surface area (Å²) >= 11 is 0. The van der Waals surface area contributed by atoms with Crippen LogP contribution in [0.5, 0.6) is 0 Å². The summed E-state index contributed by atoms with van der Waals surface area (Å²) in [5.41, 5.74) is 2.57. The van der Waals surface area contributed by atoms with Crippen molar-refractivity contribution in [2.45, 2.75) is 58.5 Å². The zero-order valence-electron chi connectivity index (χ0n) is 16.3.